The van der Waals surface area contributed by atoms with Gasteiger partial charge in [0.25, 0.3) is 5.56 Å². The summed E-state index contributed by atoms with van der Waals surface area (Å²) in [6, 6.07) is 11.7. The summed E-state index contributed by atoms with van der Waals surface area (Å²) in [5, 5.41) is 0. The van der Waals surface area contributed by atoms with Crippen LogP contribution in [0, 0.1) is 0 Å². The van der Waals surface area contributed by atoms with Gasteiger partial charge in [0.05, 0.1) is 5.69 Å². The molecule has 0 atom stereocenters. The number of rotatable bonds is 3. The molecule has 100 valence electrons. The van der Waals surface area contributed by atoms with E-state index in [1.165, 1.54) is 0 Å². The average Bonchev–Trinajstić information content (AvgIpc) is 2.39. The van der Waals surface area contributed by atoms with Crippen LogP contribution < -0.4 is 5.56 Å². The van der Waals surface area contributed by atoms with E-state index < -0.39 is 0 Å². The van der Waals surface area contributed by atoms with Gasteiger partial charge in [-0.15, -0.1) is 0 Å². The van der Waals surface area contributed by atoms with Gasteiger partial charge in [-0.3, -0.25) is 4.79 Å². The molecule has 0 aliphatic carbocycles. The molecule has 1 aromatic carbocycles. The van der Waals surface area contributed by atoms with Gasteiger partial charge in [0.1, 0.15) is 5.82 Å². The molecule has 3 heteroatoms. The highest BCUT2D eigenvalue weighted by molar-refractivity contribution is 5.31. The van der Waals surface area contributed by atoms with Gasteiger partial charge in [-0.05, 0) is 25.3 Å². The highest BCUT2D eigenvalue weighted by atomic mass is 16.1. The average molecular weight is 256 g/mol. The molecule has 19 heavy (non-hydrogen) atoms. The van der Waals surface area contributed by atoms with Gasteiger partial charge in [0, 0.05) is 11.5 Å². The van der Waals surface area contributed by atoms with Crippen molar-refractivity contribution in [1.29, 1.82) is 0 Å². The van der Waals surface area contributed by atoms with Crippen LogP contribution in [0.2, 0.25) is 0 Å². The molecular formula is C16H20N2O. The maximum absolute atomic E-state index is 11.8. The molecule has 3 nitrogen and oxygen atoms in total. The lowest BCUT2D eigenvalue weighted by Gasteiger charge is -2.24. The Bertz CT molecular complexity index is 612. The highest BCUT2D eigenvalue weighted by Gasteiger charge is 2.26. The van der Waals surface area contributed by atoms with E-state index in [4.69, 9.17) is 0 Å². The van der Waals surface area contributed by atoms with Gasteiger partial charge in [-0.1, -0.05) is 44.2 Å². The first kappa shape index (κ1) is 13.5. The summed E-state index contributed by atoms with van der Waals surface area (Å²) in [5.41, 5.74) is 1.57. The first-order valence-corrected chi connectivity index (χ1v) is 6.58. The SMILES string of the molecule is CC(C)c1cc(=O)[nH]c(C(C)(C)c2ccccc2)n1. The van der Waals surface area contributed by atoms with Crippen molar-refractivity contribution in [3.05, 3.63) is 63.8 Å². The Hall–Kier alpha value is -1.90. The number of benzene rings is 1. The third kappa shape index (κ3) is 2.75. The van der Waals surface area contributed by atoms with Crippen molar-refractivity contribution in [2.24, 2.45) is 0 Å². The normalized spacial score (nSPS) is 11.8. The molecule has 2 aromatic rings. The Balaban J connectivity index is 2.55. The molecule has 0 aliphatic rings. The lowest BCUT2D eigenvalue weighted by molar-refractivity contribution is 0.577. The number of H-pyrrole nitrogens is 1. The number of aromatic nitrogens is 2. The van der Waals surface area contributed by atoms with E-state index in [2.05, 4.69) is 35.9 Å². The molecule has 0 spiro atoms. The lowest BCUT2D eigenvalue weighted by Crippen LogP contribution is -2.27. The molecule has 0 radical (unpaired) electrons. The Morgan fingerprint density at radius 1 is 1.16 bits per heavy atom. The van der Waals surface area contributed by atoms with E-state index in [1.54, 1.807) is 6.07 Å². The fourth-order valence-corrected chi connectivity index (χ4v) is 2.06. The van der Waals surface area contributed by atoms with E-state index in [0.29, 0.717) is 0 Å². The maximum Gasteiger partial charge on any atom is 0.251 e. The van der Waals surface area contributed by atoms with Crippen LogP contribution in [0.15, 0.2) is 41.2 Å². The van der Waals surface area contributed by atoms with Crippen molar-refractivity contribution in [2.75, 3.05) is 0 Å². The number of nitrogens with one attached hydrogen (secondary N) is 1. The molecule has 0 aliphatic heterocycles. The first-order valence-electron chi connectivity index (χ1n) is 6.58. The predicted octanol–water partition coefficient (Wildman–Crippen LogP) is 3.22. The second kappa shape index (κ2) is 5.00. The van der Waals surface area contributed by atoms with Crippen molar-refractivity contribution < 1.29 is 0 Å². The summed E-state index contributed by atoms with van der Waals surface area (Å²) < 4.78 is 0. The summed E-state index contributed by atoms with van der Waals surface area (Å²) in [6.45, 7) is 8.23. The second-order valence-electron chi connectivity index (χ2n) is 5.66. The van der Waals surface area contributed by atoms with Crippen LogP contribution in [-0.4, -0.2) is 9.97 Å². The second-order valence-corrected chi connectivity index (χ2v) is 5.66. The molecular weight excluding hydrogens is 236 g/mol. The lowest BCUT2D eigenvalue weighted by atomic mass is 9.83. The minimum atomic E-state index is -0.314. The standard InChI is InChI=1S/C16H20N2O/c1-11(2)13-10-14(19)18-15(17-13)16(3,4)12-8-6-5-7-9-12/h5-11H,1-4H3,(H,17,18,19). The molecule has 1 heterocycles. The predicted molar refractivity (Wildman–Crippen MR) is 77.5 cm³/mol. The Morgan fingerprint density at radius 2 is 1.79 bits per heavy atom. The van der Waals surface area contributed by atoms with Crippen molar-refractivity contribution in [2.45, 2.75) is 39.0 Å². The molecule has 0 bridgehead atoms. The van der Waals surface area contributed by atoms with E-state index in [0.717, 1.165) is 17.1 Å². The van der Waals surface area contributed by atoms with Gasteiger partial charge in [0.15, 0.2) is 0 Å². The van der Waals surface area contributed by atoms with Crippen molar-refractivity contribution in [3.8, 4) is 0 Å². The van der Waals surface area contributed by atoms with E-state index in [9.17, 15) is 4.79 Å². The fourth-order valence-electron chi connectivity index (χ4n) is 2.06. The van der Waals surface area contributed by atoms with Crippen LogP contribution in [0.3, 0.4) is 0 Å². The van der Waals surface area contributed by atoms with E-state index >= 15 is 0 Å². The van der Waals surface area contributed by atoms with E-state index in [-0.39, 0.29) is 16.9 Å². The molecule has 0 saturated carbocycles. The van der Waals surface area contributed by atoms with Crippen LogP contribution in [0.25, 0.3) is 0 Å². The Morgan fingerprint density at radius 3 is 2.37 bits per heavy atom. The highest BCUT2D eigenvalue weighted by Crippen LogP contribution is 2.28. The molecule has 0 saturated heterocycles. The number of hydrogen-bond donors (Lipinski definition) is 1. The number of nitrogens with zero attached hydrogens (tertiary/aromatic N) is 1. The third-order valence-electron chi connectivity index (χ3n) is 3.44. The largest absolute Gasteiger partial charge is 0.310 e. The Kier molecular flexibility index (Phi) is 3.56. The quantitative estimate of drug-likeness (QED) is 0.916. The summed E-state index contributed by atoms with van der Waals surface area (Å²) in [7, 11) is 0. The Labute approximate surface area is 113 Å². The summed E-state index contributed by atoms with van der Waals surface area (Å²) in [6.07, 6.45) is 0. The van der Waals surface area contributed by atoms with Gasteiger partial charge >= 0.3 is 0 Å². The smallest absolute Gasteiger partial charge is 0.251 e. The summed E-state index contributed by atoms with van der Waals surface area (Å²) in [4.78, 5) is 19.3. The maximum atomic E-state index is 11.8. The molecule has 0 amide bonds. The van der Waals surface area contributed by atoms with Crippen LogP contribution in [0.4, 0.5) is 0 Å². The zero-order chi connectivity index (χ0) is 14.0. The minimum absolute atomic E-state index is 0.0855. The third-order valence-corrected chi connectivity index (χ3v) is 3.44. The van der Waals surface area contributed by atoms with Crippen LogP contribution in [-0.2, 0) is 5.41 Å². The number of hydrogen-bond acceptors (Lipinski definition) is 2. The summed E-state index contributed by atoms with van der Waals surface area (Å²) in [5.74, 6) is 0.961. The van der Waals surface area contributed by atoms with Crippen molar-refractivity contribution >= 4 is 0 Å². The number of aromatic amines is 1. The van der Waals surface area contributed by atoms with Crippen LogP contribution in [0.5, 0.6) is 0 Å². The van der Waals surface area contributed by atoms with Gasteiger partial charge < -0.3 is 4.98 Å². The van der Waals surface area contributed by atoms with Gasteiger partial charge in [0.2, 0.25) is 0 Å². The van der Waals surface area contributed by atoms with Crippen molar-refractivity contribution in [3.63, 3.8) is 0 Å². The van der Waals surface area contributed by atoms with E-state index in [1.807, 2.05) is 32.0 Å². The zero-order valence-corrected chi connectivity index (χ0v) is 11.9. The van der Waals surface area contributed by atoms with Crippen LogP contribution in [0.1, 0.15) is 50.7 Å². The van der Waals surface area contributed by atoms with Crippen LogP contribution >= 0.6 is 0 Å². The minimum Gasteiger partial charge on any atom is -0.310 e. The molecule has 0 unspecified atom stereocenters. The zero-order valence-electron chi connectivity index (χ0n) is 11.9. The first-order chi connectivity index (χ1) is 8.91. The van der Waals surface area contributed by atoms with Crippen molar-refractivity contribution in [1.82, 2.24) is 9.97 Å². The van der Waals surface area contributed by atoms with Gasteiger partial charge in [-0.2, -0.15) is 0 Å². The topological polar surface area (TPSA) is 45.8 Å². The van der Waals surface area contributed by atoms with Gasteiger partial charge in [-0.25, -0.2) is 4.98 Å². The monoisotopic (exact) mass is 256 g/mol. The molecule has 1 aromatic heterocycles. The summed E-state index contributed by atoms with van der Waals surface area (Å²) >= 11 is 0. The fraction of sp³-hybridized carbons (Fsp3) is 0.375. The molecule has 1 N–H and O–H groups in total. The molecule has 2 rings (SSSR count). The molecule has 0 fully saturated rings.